The molecule has 1 aromatic rings. The van der Waals surface area contributed by atoms with Crippen LogP contribution in [0.5, 0.6) is 0 Å². The zero-order valence-corrected chi connectivity index (χ0v) is 12.9. The summed E-state index contributed by atoms with van der Waals surface area (Å²) in [6.07, 6.45) is 5.42. The highest BCUT2D eigenvalue weighted by Crippen LogP contribution is 2.31. The van der Waals surface area contributed by atoms with E-state index in [9.17, 15) is 0 Å². The smallest absolute Gasteiger partial charge is 0.0366 e. The molecule has 3 unspecified atom stereocenters. The lowest BCUT2D eigenvalue weighted by molar-refractivity contribution is 0.370. The molecule has 1 heterocycles. The van der Waals surface area contributed by atoms with Gasteiger partial charge in [-0.05, 0) is 55.2 Å². The van der Waals surface area contributed by atoms with Crippen molar-refractivity contribution in [2.45, 2.75) is 52.1 Å². The van der Waals surface area contributed by atoms with Crippen molar-refractivity contribution in [2.24, 2.45) is 11.8 Å². The molecule has 1 saturated heterocycles. The van der Waals surface area contributed by atoms with Crippen LogP contribution in [0.3, 0.4) is 0 Å². The van der Waals surface area contributed by atoms with Gasteiger partial charge in [-0.2, -0.15) is 0 Å². The Kier molecular flexibility index (Phi) is 4.30. The number of hydrogen-bond donors (Lipinski definition) is 1. The molecule has 0 bridgehead atoms. The third-order valence-corrected chi connectivity index (χ3v) is 5.44. The number of nitrogens with zero attached hydrogens (tertiary/aromatic N) is 1. The lowest BCUT2D eigenvalue weighted by atomic mass is 9.97. The van der Waals surface area contributed by atoms with Gasteiger partial charge >= 0.3 is 0 Å². The number of anilines is 1. The zero-order chi connectivity index (χ0) is 13.9. The molecular weight excluding hydrogens is 244 g/mol. The Labute approximate surface area is 123 Å². The largest absolute Gasteiger partial charge is 0.372 e. The summed E-state index contributed by atoms with van der Waals surface area (Å²) in [5.74, 6) is 1.70. The summed E-state index contributed by atoms with van der Waals surface area (Å²) in [7, 11) is 0. The van der Waals surface area contributed by atoms with Crippen LogP contribution in [0.4, 0.5) is 5.69 Å². The average Bonchev–Trinajstić information content (AvgIpc) is 3.10. The summed E-state index contributed by atoms with van der Waals surface area (Å²) in [6.45, 7) is 8.26. The Morgan fingerprint density at radius 1 is 1.05 bits per heavy atom. The predicted octanol–water partition coefficient (Wildman–Crippen LogP) is 3.81. The van der Waals surface area contributed by atoms with E-state index >= 15 is 0 Å². The normalized spacial score (nSPS) is 30.1. The van der Waals surface area contributed by atoms with Gasteiger partial charge in [0.15, 0.2) is 0 Å². The highest BCUT2D eigenvalue weighted by atomic mass is 15.1. The molecule has 1 N–H and O–H groups in total. The zero-order valence-electron chi connectivity index (χ0n) is 12.9. The number of nitrogens with one attached hydrogen (secondary N) is 1. The van der Waals surface area contributed by atoms with Crippen LogP contribution >= 0.6 is 0 Å². The van der Waals surface area contributed by atoms with E-state index < -0.39 is 0 Å². The molecule has 1 aliphatic heterocycles. The van der Waals surface area contributed by atoms with Crippen LogP contribution in [0, 0.1) is 11.8 Å². The first-order valence-corrected chi connectivity index (χ1v) is 8.31. The van der Waals surface area contributed by atoms with Crippen molar-refractivity contribution in [1.29, 1.82) is 0 Å². The molecule has 0 amide bonds. The van der Waals surface area contributed by atoms with Gasteiger partial charge < -0.3 is 10.2 Å². The van der Waals surface area contributed by atoms with Gasteiger partial charge in [0.05, 0.1) is 0 Å². The molecule has 1 aliphatic carbocycles. The lowest BCUT2D eigenvalue weighted by Crippen LogP contribution is -2.31. The van der Waals surface area contributed by atoms with Gasteiger partial charge in [-0.15, -0.1) is 0 Å². The molecule has 2 fully saturated rings. The summed E-state index contributed by atoms with van der Waals surface area (Å²) in [4.78, 5) is 2.50. The van der Waals surface area contributed by atoms with Crippen LogP contribution in [-0.2, 0) is 6.54 Å². The van der Waals surface area contributed by atoms with Crippen LogP contribution in [0.25, 0.3) is 0 Å². The van der Waals surface area contributed by atoms with Gasteiger partial charge in [-0.1, -0.05) is 26.0 Å². The van der Waals surface area contributed by atoms with E-state index in [4.69, 9.17) is 0 Å². The highest BCUT2D eigenvalue weighted by Gasteiger charge is 2.28. The monoisotopic (exact) mass is 272 g/mol. The first kappa shape index (κ1) is 13.9. The summed E-state index contributed by atoms with van der Waals surface area (Å²) in [5, 5.41) is 3.75. The number of hydrogen-bond acceptors (Lipinski definition) is 2. The topological polar surface area (TPSA) is 15.3 Å². The predicted molar refractivity (Wildman–Crippen MR) is 86.1 cm³/mol. The van der Waals surface area contributed by atoms with E-state index in [-0.39, 0.29) is 0 Å². The molecule has 3 rings (SSSR count). The molecule has 0 aromatic heterocycles. The SMILES string of the molecule is CC1CCC(NCc2ccc(N3CCCC3)cc2)C1C. The maximum atomic E-state index is 3.75. The van der Waals surface area contributed by atoms with Crippen LogP contribution in [-0.4, -0.2) is 19.1 Å². The minimum Gasteiger partial charge on any atom is -0.372 e. The second-order valence-corrected chi connectivity index (χ2v) is 6.76. The fraction of sp³-hybridized carbons (Fsp3) is 0.667. The Morgan fingerprint density at radius 3 is 2.35 bits per heavy atom. The van der Waals surface area contributed by atoms with E-state index in [0.29, 0.717) is 6.04 Å². The molecule has 1 saturated carbocycles. The standard InChI is InChI=1S/C18H28N2/c1-14-5-10-18(15(14)2)19-13-16-6-8-17(9-7-16)20-11-3-4-12-20/h6-9,14-15,18-19H,3-5,10-13H2,1-2H3. The van der Waals surface area contributed by atoms with Crippen molar-refractivity contribution >= 4 is 5.69 Å². The molecule has 20 heavy (non-hydrogen) atoms. The van der Waals surface area contributed by atoms with Crippen molar-refractivity contribution in [3.8, 4) is 0 Å². The highest BCUT2D eigenvalue weighted by molar-refractivity contribution is 5.48. The third kappa shape index (κ3) is 3.01. The van der Waals surface area contributed by atoms with E-state index in [1.54, 1.807) is 0 Å². The second kappa shape index (κ2) is 6.17. The average molecular weight is 272 g/mol. The van der Waals surface area contributed by atoms with Gasteiger partial charge in [0.1, 0.15) is 0 Å². The fourth-order valence-corrected chi connectivity index (χ4v) is 3.70. The van der Waals surface area contributed by atoms with Crippen LogP contribution in [0.2, 0.25) is 0 Å². The van der Waals surface area contributed by atoms with Crippen molar-refractivity contribution in [2.75, 3.05) is 18.0 Å². The number of benzene rings is 1. The Hall–Kier alpha value is -1.02. The fourth-order valence-electron chi connectivity index (χ4n) is 3.70. The first-order chi connectivity index (χ1) is 9.74. The third-order valence-electron chi connectivity index (χ3n) is 5.44. The molecule has 2 heteroatoms. The minimum atomic E-state index is 0.711. The Bertz CT molecular complexity index is 420. The molecule has 2 nitrogen and oxygen atoms in total. The molecule has 0 radical (unpaired) electrons. The van der Waals surface area contributed by atoms with Crippen LogP contribution in [0.1, 0.15) is 45.1 Å². The van der Waals surface area contributed by atoms with Gasteiger partial charge in [0, 0.05) is 31.4 Å². The maximum absolute atomic E-state index is 3.75. The molecule has 0 spiro atoms. The maximum Gasteiger partial charge on any atom is 0.0366 e. The molecular formula is C18H28N2. The summed E-state index contributed by atoms with van der Waals surface area (Å²) in [6, 6.07) is 9.89. The van der Waals surface area contributed by atoms with Crippen LogP contribution < -0.4 is 10.2 Å². The van der Waals surface area contributed by atoms with E-state index in [0.717, 1.165) is 18.4 Å². The van der Waals surface area contributed by atoms with Crippen LogP contribution in [0.15, 0.2) is 24.3 Å². The van der Waals surface area contributed by atoms with Gasteiger partial charge in [-0.3, -0.25) is 0 Å². The first-order valence-electron chi connectivity index (χ1n) is 8.31. The van der Waals surface area contributed by atoms with Crippen molar-refractivity contribution in [1.82, 2.24) is 5.32 Å². The van der Waals surface area contributed by atoms with Crippen molar-refractivity contribution in [3.63, 3.8) is 0 Å². The quantitative estimate of drug-likeness (QED) is 0.896. The number of rotatable bonds is 4. The molecule has 110 valence electrons. The molecule has 2 aliphatic rings. The molecule has 1 aromatic carbocycles. The second-order valence-electron chi connectivity index (χ2n) is 6.76. The summed E-state index contributed by atoms with van der Waals surface area (Å²) >= 11 is 0. The van der Waals surface area contributed by atoms with E-state index in [1.165, 1.54) is 50.0 Å². The van der Waals surface area contributed by atoms with Gasteiger partial charge in [0.25, 0.3) is 0 Å². The van der Waals surface area contributed by atoms with Crippen molar-refractivity contribution < 1.29 is 0 Å². The Balaban J connectivity index is 1.53. The molecule has 3 atom stereocenters. The van der Waals surface area contributed by atoms with E-state index in [1.807, 2.05) is 0 Å². The van der Waals surface area contributed by atoms with E-state index in [2.05, 4.69) is 48.3 Å². The van der Waals surface area contributed by atoms with Crippen molar-refractivity contribution in [3.05, 3.63) is 29.8 Å². The lowest BCUT2D eigenvalue weighted by Gasteiger charge is -2.20. The summed E-state index contributed by atoms with van der Waals surface area (Å²) in [5.41, 5.74) is 2.81. The minimum absolute atomic E-state index is 0.711. The van der Waals surface area contributed by atoms with Gasteiger partial charge in [-0.25, -0.2) is 0 Å². The van der Waals surface area contributed by atoms with Gasteiger partial charge in [0.2, 0.25) is 0 Å². The Morgan fingerprint density at radius 2 is 1.75 bits per heavy atom. The summed E-state index contributed by atoms with van der Waals surface area (Å²) < 4.78 is 0.